The minimum absolute atomic E-state index is 0.0104. The van der Waals surface area contributed by atoms with Gasteiger partial charge in [-0.3, -0.25) is 4.79 Å². The molecule has 2 aromatic heterocycles. The zero-order valence-corrected chi connectivity index (χ0v) is 16.1. The Morgan fingerprint density at radius 2 is 2.07 bits per heavy atom. The fourth-order valence-electron chi connectivity index (χ4n) is 4.45. The number of rotatable bonds is 3. The van der Waals surface area contributed by atoms with Crippen LogP contribution in [-0.2, 0) is 13.5 Å². The van der Waals surface area contributed by atoms with E-state index in [1.54, 1.807) is 7.11 Å². The molecule has 2 heterocycles. The molecular formula is C23H23N3O2. The third-order valence-electron chi connectivity index (χ3n) is 5.91. The molecule has 28 heavy (non-hydrogen) atoms. The van der Waals surface area contributed by atoms with Crippen molar-refractivity contribution in [2.24, 2.45) is 7.05 Å². The summed E-state index contributed by atoms with van der Waals surface area (Å²) in [5.74, 6) is 0.741. The standard InChI is InChI=1S/C23H23N3O2/c1-26-20-13-15(28-2)11-10-14(20)12-21(26)23(27)25-19-9-5-7-17-16-6-3-4-8-18(16)24-22(17)19/h3-4,6,8,10-13,19,24H,5,7,9H2,1-2H3,(H,25,27)/t19-/m0/s1. The number of benzene rings is 2. The molecule has 2 N–H and O–H groups in total. The highest BCUT2D eigenvalue weighted by molar-refractivity contribution is 5.99. The molecule has 5 rings (SSSR count). The summed E-state index contributed by atoms with van der Waals surface area (Å²) >= 11 is 0. The van der Waals surface area contributed by atoms with E-state index in [0.717, 1.165) is 47.1 Å². The number of aryl methyl sites for hydroxylation is 2. The lowest BCUT2D eigenvalue weighted by molar-refractivity contribution is 0.0924. The van der Waals surface area contributed by atoms with Gasteiger partial charge >= 0.3 is 0 Å². The van der Waals surface area contributed by atoms with Crippen molar-refractivity contribution in [2.75, 3.05) is 7.11 Å². The van der Waals surface area contributed by atoms with Gasteiger partial charge in [0.05, 0.1) is 18.7 Å². The first-order valence-corrected chi connectivity index (χ1v) is 9.69. The summed E-state index contributed by atoms with van der Waals surface area (Å²) in [5, 5.41) is 5.56. The van der Waals surface area contributed by atoms with Gasteiger partial charge < -0.3 is 19.6 Å². The second kappa shape index (κ2) is 6.44. The largest absolute Gasteiger partial charge is 0.497 e. The molecule has 1 aliphatic rings. The van der Waals surface area contributed by atoms with Crippen LogP contribution in [-0.4, -0.2) is 22.6 Å². The molecule has 0 saturated carbocycles. The quantitative estimate of drug-likeness (QED) is 0.556. The number of nitrogens with one attached hydrogen (secondary N) is 2. The minimum atomic E-state index is -0.0471. The lowest BCUT2D eigenvalue weighted by atomic mass is 9.91. The lowest BCUT2D eigenvalue weighted by Crippen LogP contribution is -2.32. The number of H-pyrrole nitrogens is 1. The second-order valence-electron chi connectivity index (χ2n) is 7.49. The third-order valence-corrected chi connectivity index (χ3v) is 5.91. The van der Waals surface area contributed by atoms with Gasteiger partial charge in [-0.15, -0.1) is 0 Å². The molecule has 1 atom stereocenters. The maximum Gasteiger partial charge on any atom is 0.268 e. The van der Waals surface area contributed by atoms with Gasteiger partial charge in [-0.25, -0.2) is 0 Å². The van der Waals surface area contributed by atoms with Gasteiger partial charge in [-0.1, -0.05) is 18.2 Å². The van der Waals surface area contributed by atoms with Crippen LogP contribution in [0.5, 0.6) is 5.75 Å². The molecule has 0 fully saturated rings. The first-order chi connectivity index (χ1) is 13.7. The summed E-state index contributed by atoms with van der Waals surface area (Å²) in [6.07, 6.45) is 3.08. The van der Waals surface area contributed by atoms with Gasteiger partial charge in [0.1, 0.15) is 11.4 Å². The predicted molar refractivity (Wildman–Crippen MR) is 111 cm³/mol. The average Bonchev–Trinajstić information content (AvgIpc) is 3.26. The molecule has 1 amide bonds. The van der Waals surface area contributed by atoms with Gasteiger partial charge in [-0.05, 0) is 49.1 Å². The number of amides is 1. The minimum Gasteiger partial charge on any atom is -0.497 e. The molecule has 0 aliphatic heterocycles. The smallest absolute Gasteiger partial charge is 0.268 e. The number of carbonyl (C=O) groups is 1. The number of carbonyl (C=O) groups excluding carboxylic acids is 1. The highest BCUT2D eigenvalue weighted by Crippen LogP contribution is 2.35. The fourth-order valence-corrected chi connectivity index (χ4v) is 4.45. The zero-order valence-electron chi connectivity index (χ0n) is 16.1. The Kier molecular flexibility index (Phi) is 3.90. The van der Waals surface area contributed by atoms with Crippen LogP contribution >= 0.6 is 0 Å². The number of aromatic nitrogens is 2. The molecule has 5 heteroatoms. The Morgan fingerprint density at radius 3 is 2.93 bits per heavy atom. The van der Waals surface area contributed by atoms with Crippen molar-refractivity contribution in [2.45, 2.75) is 25.3 Å². The molecule has 0 saturated heterocycles. The number of fused-ring (bicyclic) bond motifs is 4. The van der Waals surface area contributed by atoms with Crippen molar-refractivity contribution in [1.82, 2.24) is 14.9 Å². The van der Waals surface area contributed by atoms with Crippen LogP contribution in [0.15, 0.2) is 48.5 Å². The van der Waals surface area contributed by atoms with Gasteiger partial charge in [0, 0.05) is 35.1 Å². The summed E-state index contributed by atoms with van der Waals surface area (Å²) < 4.78 is 7.25. The van der Waals surface area contributed by atoms with Crippen molar-refractivity contribution in [3.63, 3.8) is 0 Å². The van der Waals surface area contributed by atoms with E-state index in [-0.39, 0.29) is 11.9 Å². The summed E-state index contributed by atoms with van der Waals surface area (Å²) in [6.45, 7) is 0. The predicted octanol–water partition coefficient (Wildman–Crippen LogP) is 4.48. The molecule has 1 aliphatic carbocycles. The summed E-state index contributed by atoms with van der Waals surface area (Å²) in [5.41, 5.74) is 5.28. The van der Waals surface area contributed by atoms with Crippen LogP contribution in [0.1, 0.15) is 40.6 Å². The normalized spacial score (nSPS) is 16.3. The van der Waals surface area contributed by atoms with E-state index in [1.165, 1.54) is 10.9 Å². The number of aromatic amines is 1. The molecule has 142 valence electrons. The monoisotopic (exact) mass is 373 g/mol. The van der Waals surface area contributed by atoms with Crippen molar-refractivity contribution in [1.29, 1.82) is 0 Å². The van der Waals surface area contributed by atoms with E-state index >= 15 is 0 Å². The molecule has 0 bridgehead atoms. The topological polar surface area (TPSA) is 59.0 Å². The Labute approximate surface area is 163 Å². The molecule has 5 nitrogen and oxygen atoms in total. The van der Waals surface area contributed by atoms with E-state index in [4.69, 9.17) is 4.74 Å². The molecule has 0 spiro atoms. The average molecular weight is 373 g/mol. The Morgan fingerprint density at radius 1 is 1.21 bits per heavy atom. The number of ether oxygens (including phenoxy) is 1. The molecule has 4 aromatic rings. The number of nitrogens with zero attached hydrogens (tertiary/aromatic N) is 1. The Hall–Kier alpha value is -3.21. The van der Waals surface area contributed by atoms with E-state index in [1.807, 2.05) is 41.9 Å². The maximum absolute atomic E-state index is 13.1. The maximum atomic E-state index is 13.1. The van der Waals surface area contributed by atoms with E-state index < -0.39 is 0 Å². The number of para-hydroxylation sites is 1. The summed E-state index contributed by atoms with van der Waals surface area (Å²) in [6, 6.07) is 16.2. The number of methoxy groups -OCH3 is 1. The Bertz CT molecular complexity index is 1200. The van der Waals surface area contributed by atoms with Gasteiger partial charge in [0.2, 0.25) is 0 Å². The van der Waals surface area contributed by atoms with Crippen LogP contribution < -0.4 is 10.1 Å². The Balaban J connectivity index is 1.48. The highest BCUT2D eigenvalue weighted by atomic mass is 16.5. The number of hydrogen-bond acceptors (Lipinski definition) is 2. The molecule has 0 unspecified atom stereocenters. The second-order valence-corrected chi connectivity index (χ2v) is 7.49. The van der Waals surface area contributed by atoms with E-state index in [0.29, 0.717) is 5.69 Å². The number of hydrogen-bond donors (Lipinski definition) is 2. The van der Waals surface area contributed by atoms with Crippen molar-refractivity contribution in [3.05, 3.63) is 65.5 Å². The van der Waals surface area contributed by atoms with Crippen LogP contribution in [0.25, 0.3) is 21.8 Å². The molecule has 0 radical (unpaired) electrons. The fraction of sp³-hybridized carbons (Fsp3) is 0.261. The SMILES string of the molecule is COc1ccc2cc(C(=O)N[C@H]3CCCc4c3[nH]c3ccccc43)n(C)c2c1. The van der Waals surface area contributed by atoms with Crippen molar-refractivity contribution >= 4 is 27.7 Å². The third kappa shape index (κ3) is 2.58. The van der Waals surface area contributed by atoms with Crippen LogP contribution in [0, 0.1) is 0 Å². The van der Waals surface area contributed by atoms with Gasteiger partial charge in [0.15, 0.2) is 0 Å². The first kappa shape index (κ1) is 16.9. The lowest BCUT2D eigenvalue weighted by Gasteiger charge is -2.24. The van der Waals surface area contributed by atoms with Crippen LogP contribution in [0.4, 0.5) is 0 Å². The van der Waals surface area contributed by atoms with E-state index in [2.05, 4.69) is 28.5 Å². The summed E-state index contributed by atoms with van der Waals surface area (Å²) in [7, 11) is 3.57. The zero-order chi connectivity index (χ0) is 19.3. The summed E-state index contributed by atoms with van der Waals surface area (Å²) in [4.78, 5) is 16.6. The van der Waals surface area contributed by atoms with Gasteiger partial charge in [0.25, 0.3) is 5.91 Å². The van der Waals surface area contributed by atoms with Crippen molar-refractivity contribution < 1.29 is 9.53 Å². The first-order valence-electron chi connectivity index (χ1n) is 9.69. The highest BCUT2D eigenvalue weighted by Gasteiger charge is 2.26. The molecular weight excluding hydrogens is 350 g/mol. The van der Waals surface area contributed by atoms with Crippen LogP contribution in [0.3, 0.4) is 0 Å². The van der Waals surface area contributed by atoms with Crippen molar-refractivity contribution in [3.8, 4) is 5.75 Å². The van der Waals surface area contributed by atoms with E-state index in [9.17, 15) is 4.79 Å². The molecule has 2 aromatic carbocycles. The van der Waals surface area contributed by atoms with Gasteiger partial charge in [-0.2, -0.15) is 0 Å². The van der Waals surface area contributed by atoms with Crippen LogP contribution in [0.2, 0.25) is 0 Å².